The molecular formula is C12H16BrClN2O2. The van der Waals surface area contributed by atoms with Gasteiger partial charge >= 0.3 is 6.03 Å². The number of carbonyl (C=O) groups is 1. The second kappa shape index (κ2) is 5.91. The van der Waals surface area contributed by atoms with Crippen LogP contribution in [0.1, 0.15) is 13.8 Å². The number of hydrogen-bond donors (Lipinski definition) is 2. The highest BCUT2D eigenvalue weighted by atomic mass is 79.9. The molecule has 0 saturated carbocycles. The van der Waals surface area contributed by atoms with Crippen LogP contribution in [0.2, 0.25) is 5.02 Å². The Morgan fingerprint density at radius 2 is 2.17 bits per heavy atom. The van der Waals surface area contributed by atoms with E-state index in [0.29, 0.717) is 10.7 Å². The van der Waals surface area contributed by atoms with E-state index in [2.05, 4.69) is 21.2 Å². The number of aliphatic hydroxyl groups is 1. The van der Waals surface area contributed by atoms with Crippen molar-refractivity contribution in [3.8, 4) is 0 Å². The Bertz CT molecular complexity index is 446. The summed E-state index contributed by atoms with van der Waals surface area (Å²) in [7, 11) is 1.61. The summed E-state index contributed by atoms with van der Waals surface area (Å²) in [5.74, 6) is 0. The number of halogens is 2. The topological polar surface area (TPSA) is 52.6 Å². The van der Waals surface area contributed by atoms with Crippen LogP contribution < -0.4 is 5.32 Å². The summed E-state index contributed by atoms with van der Waals surface area (Å²) in [5, 5.41) is 12.8. The minimum atomic E-state index is -0.935. The van der Waals surface area contributed by atoms with Crippen molar-refractivity contribution in [2.24, 2.45) is 0 Å². The number of urea groups is 1. The van der Waals surface area contributed by atoms with Crippen molar-refractivity contribution in [3.05, 3.63) is 27.7 Å². The molecule has 0 unspecified atom stereocenters. The van der Waals surface area contributed by atoms with Gasteiger partial charge < -0.3 is 15.3 Å². The molecule has 0 saturated heterocycles. The molecule has 0 bridgehead atoms. The van der Waals surface area contributed by atoms with Crippen molar-refractivity contribution >= 4 is 39.2 Å². The van der Waals surface area contributed by atoms with Crippen LogP contribution >= 0.6 is 27.5 Å². The predicted molar refractivity (Wildman–Crippen MR) is 77.1 cm³/mol. The molecule has 100 valence electrons. The number of benzene rings is 1. The zero-order valence-corrected chi connectivity index (χ0v) is 12.8. The Morgan fingerprint density at radius 1 is 1.56 bits per heavy atom. The van der Waals surface area contributed by atoms with Crippen molar-refractivity contribution in [1.82, 2.24) is 4.90 Å². The van der Waals surface area contributed by atoms with Gasteiger partial charge in [-0.1, -0.05) is 27.5 Å². The maximum atomic E-state index is 11.9. The summed E-state index contributed by atoms with van der Waals surface area (Å²) in [6, 6.07) is 4.88. The lowest BCUT2D eigenvalue weighted by Crippen LogP contribution is -2.41. The molecule has 18 heavy (non-hydrogen) atoms. The van der Waals surface area contributed by atoms with Crippen LogP contribution in [0.25, 0.3) is 0 Å². The first-order chi connectivity index (χ1) is 8.19. The Balaban J connectivity index is 2.70. The van der Waals surface area contributed by atoms with E-state index in [-0.39, 0.29) is 12.6 Å². The quantitative estimate of drug-likeness (QED) is 0.890. The summed E-state index contributed by atoms with van der Waals surface area (Å²) in [6.45, 7) is 3.51. The van der Waals surface area contributed by atoms with Gasteiger partial charge in [-0.25, -0.2) is 4.79 Å². The van der Waals surface area contributed by atoms with Crippen molar-refractivity contribution in [2.45, 2.75) is 19.4 Å². The number of nitrogens with one attached hydrogen (secondary N) is 1. The zero-order valence-electron chi connectivity index (χ0n) is 10.5. The molecule has 0 radical (unpaired) electrons. The molecule has 0 fully saturated rings. The van der Waals surface area contributed by atoms with Crippen molar-refractivity contribution in [1.29, 1.82) is 0 Å². The molecule has 0 aliphatic rings. The van der Waals surface area contributed by atoms with Gasteiger partial charge in [-0.2, -0.15) is 0 Å². The normalized spacial score (nSPS) is 11.2. The number of likely N-dealkylation sites (N-methyl/N-ethyl adjacent to an activating group) is 1. The van der Waals surface area contributed by atoms with E-state index in [1.54, 1.807) is 39.1 Å². The number of rotatable bonds is 3. The molecule has 0 spiro atoms. The molecule has 0 atom stereocenters. The standard InChI is InChI=1S/C12H16BrClN2O2/c1-12(2,18)7-16(3)11(17)15-10-5-4-8(13)6-9(10)14/h4-6,18H,7H2,1-3H3,(H,15,17). The van der Waals surface area contributed by atoms with E-state index in [1.807, 2.05) is 0 Å². The number of anilines is 1. The summed E-state index contributed by atoms with van der Waals surface area (Å²) in [4.78, 5) is 13.3. The number of hydrogen-bond acceptors (Lipinski definition) is 2. The smallest absolute Gasteiger partial charge is 0.321 e. The molecule has 2 N–H and O–H groups in total. The molecule has 6 heteroatoms. The number of amides is 2. The summed E-state index contributed by atoms with van der Waals surface area (Å²) >= 11 is 9.29. The summed E-state index contributed by atoms with van der Waals surface area (Å²) in [5.41, 5.74) is -0.400. The van der Waals surface area contributed by atoms with Crippen LogP contribution in [0.3, 0.4) is 0 Å². The molecular weight excluding hydrogens is 320 g/mol. The maximum Gasteiger partial charge on any atom is 0.321 e. The average Bonchev–Trinajstić information content (AvgIpc) is 2.19. The largest absolute Gasteiger partial charge is 0.389 e. The first-order valence-electron chi connectivity index (χ1n) is 5.38. The van der Waals surface area contributed by atoms with Crippen LogP contribution in [0.5, 0.6) is 0 Å². The molecule has 1 rings (SSSR count). The monoisotopic (exact) mass is 334 g/mol. The van der Waals surface area contributed by atoms with E-state index in [9.17, 15) is 9.90 Å². The Labute approximate surface area is 120 Å². The van der Waals surface area contributed by atoms with Crippen molar-refractivity contribution < 1.29 is 9.90 Å². The van der Waals surface area contributed by atoms with E-state index < -0.39 is 5.60 Å². The zero-order chi connectivity index (χ0) is 13.9. The number of nitrogens with zero attached hydrogens (tertiary/aromatic N) is 1. The predicted octanol–water partition coefficient (Wildman–Crippen LogP) is 3.34. The molecule has 2 amide bonds. The Hall–Kier alpha value is -0.780. The average molecular weight is 336 g/mol. The highest BCUT2D eigenvalue weighted by molar-refractivity contribution is 9.10. The van der Waals surface area contributed by atoms with Gasteiger partial charge in [0.25, 0.3) is 0 Å². The molecule has 4 nitrogen and oxygen atoms in total. The third-order valence-corrected chi connectivity index (χ3v) is 2.95. The van der Waals surface area contributed by atoms with Crippen molar-refractivity contribution in [3.63, 3.8) is 0 Å². The first kappa shape index (κ1) is 15.3. The molecule has 1 aromatic carbocycles. The van der Waals surface area contributed by atoms with Gasteiger partial charge in [0, 0.05) is 11.5 Å². The van der Waals surface area contributed by atoms with Gasteiger partial charge in [-0.05, 0) is 32.0 Å². The summed E-state index contributed by atoms with van der Waals surface area (Å²) < 4.78 is 0.843. The fourth-order valence-electron chi connectivity index (χ4n) is 1.45. The third-order valence-electron chi connectivity index (χ3n) is 2.14. The Kier molecular flexibility index (Phi) is 5.01. The van der Waals surface area contributed by atoms with Crippen LogP contribution in [0.4, 0.5) is 10.5 Å². The lowest BCUT2D eigenvalue weighted by atomic mass is 10.1. The van der Waals surface area contributed by atoms with Gasteiger partial charge in [0.2, 0.25) is 0 Å². The van der Waals surface area contributed by atoms with Crippen LogP contribution in [-0.4, -0.2) is 35.2 Å². The first-order valence-corrected chi connectivity index (χ1v) is 6.56. The minimum Gasteiger partial charge on any atom is -0.389 e. The van der Waals surface area contributed by atoms with Crippen LogP contribution in [0.15, 0.2) is 22.7 Å². The second-order valence-corrected chi connectivity index (χ2v) is 6.05. The van der Waals surface area contributed by atoms with Crippen LogP contribution in [-0.2, 0) is 0 Å². The van der Waals surface area contributed by atoms with Crippen molar-refractivity contribution in [2.75, 3.05) is 18.9 Å². The van der Waals surface area contributed by atoms with E-state index in [1.165, 1.54) is 4.90 Å². The van der Waals surface area contributed by atoms with E-state index in [0.717, 1.165) is 4.47 Å². The second-order valence-electron chi connectivity index (χ2n) is 4.72. The van der Waals surface area contributed by atoms with Gasteiger partial charge in [0.15, 0.2) is 0 Å². The fraction of sp³-hybridized carbons (Fsp3) is 0.417. The van der Waals surface area contributed by atoms with Crippen LogP contribution in [0, 0.1) is 0 Å². The molecule has 0 heterocycles. The van der Waals surface area contributed by atoms with Gasteiger partial charge in [0.05, 0.1) is 22.9 Å². The minimum absolute atomic E-state index is 0.229. The lowest BCUT2D eigenvalue weighted by molar-refractivity contribution is 0.0550. The Morgan fingerprint density at radius 3 is 2.67 bits per heavy atom. The SMILES string of the molecule is CN(CC(C)(C)O)C(=O)Nc1ccc(Br)cc1Cl. The summed E-state index contributed by atoms with van der Waals surface area (Å²) in [6.07, 6.45) is 0. The van der Waals surface area contributed by atoms with Gasteiger partial charge in [0.1, 0.15) is 0 Å². The van der Waals surface area contributed by atoms with E-state index >= 15 is 0 Å². The molecule has 0 aromatic heterocycles. The molecule has 0 aliphatic heterocycles. The molecule has 0 aliphatic carbocycles. The molecule has 1 aromatic rings. The van der Waals surface area contributed by atoms with Gasteiger partial charge in [-0.15, -0.1) is 0 Å². The third kappa shape index (κ3) is 4.84. The number of carbonyl (C=O) groups excluding carboxylic acids is 1. The lowest BCUT2D eigenvalue weighted by Gasteiger charge is -2.25. The maximum absolute atomic E-state index is 11.9. The van der Waals surface area contributed by atoms with E-state index in [4.69, 9.17) is 11.6 Å². The fourth-order valence-corrected chi connectivity index (χ4v) is 2.17. The highest BCUT2D eigenvalue weighted by Crippen LogP contribution is 2.25. The van der Waals surface area contributed by atoms with Gasteiger partial charge in [-0.3, -0.25) is 0 Å². The highest BCUT2D eigenvalue weighted by Gasteiger charge is 2.19.